The van der Waals surface area contributed by atoms with E-state index < -0.39 is 65.1 Å². The van der Waals surface area contributed by atoms with E-state index in [2.05, 4.69) is 27.8 Å². The first kappa shape index (κ1) is 59.3. The molecule has 0 bridgehead atoms. The Morgan fingerprint density at radius 1 is 0.925 bits per heavy atom. The highest BCUT2D eigenvalue weighted by atomic mass is 32.2. The topological polar surface area (TPSA) is 328 Å². The first-order chi connectivity index (χ1) is 38.3. The normalized spacial score (nSPS) is 23.4. The number of carboxylic acids is 1. The average molecular weight is 1130 g/mol. The molecule has 9 N–H and O–H groups in total. The number of esters is 2. The van der Waals surface area contributed by atoms with Crippen molar-refractivity contribution < 1.29 is 63.1 Å². The summed E-state index contributed by atoms with van der Waals surface area (Å²) in [6.07, 6.45) is 6.50. The van der Waals surface area contributed by atoms with Crippen LogP contribution in [0.3, 0.4) is 0 Å². The molecule has 22 nitrogen and oxygen atoms in total. The van der Waals surface area contributed by atoms with Gasteiger partial charge in [-0.05, 0) is 125 Å². The summed E-state index contributed by atoms with van der Waals surface area (Å²) in [5, 5.41) is 41.9. The Balaban J connectivity index is 0.763. The zero-order valence-corrected chi connectivity index (χ0v) is 46.5. The Morgan fingerprint density at radius 2 is 1.62 bits per heavy atom. The maximum absolute atomic E-state index is 13.8. The van der Waals surface area contributed by atoms with Gasteiger partial charge in [0.05, 0.1) is 58.5 Å². The molecule has 1 saturated heterocycles. The van der Waals surface area contributed by atoms with Crippen LogP contribution in [-0.4, -0.2) is 127 Å². The minimum atomic E-state index is -1.93. The van der Waals surface area contributed by atoms with Crippen molar-refractivity contribution in [1.29, 1.82) is 0 Å². The number of thioether (sulfide) groups is 1. The lowest BCUT2D eigenvalue weighted by atomic mass is 9.80. The number of carbonyl (C=O) groups excluding carboxylic acids is 7. The fourth-order valence-corrected chi connectivity index (χ4v) is 13.0. The van der Waals surface area contributed by atoms with Gasteiger partial charge in [0, 0.05) is 54.2 Å². The standard InChI is InChI=1S/C57H74N8O14S/c1-5-33(27-66)50(69)62-43(9-8-20-59-30(4)58)51(70)63-44(54(73)74)29-80-46-23-47(67)65(53(46)72)25-32-12-14-34(15-13-32)49(68)60-24-31-10-16-35(17-11-31)55(75)79-36-18-19-42-38(21-36)37(6-2)39-26-64-45(48(39)61-42)22-41-40(52(64)71)28-78-56(76)57(41,77)7-3/h18-19,21-22,31-35,43-44,46,59,66,77H,4-17,20,23-29,58H2,1-3H3,(H,60,68)(H,62,69)(H,63,70)(H,73,74)/t31?,32?,33?,34?,35?,43?,44?,46?,57-/m0/s1. The third-order valence-electron chi connectivity index (χ3n) is 16.8. The van der Waals surface area contributed by atoms with Gasteiger partial charge in [0.25, 0.3) is 5.56 Å². The minimum absolute atomic E-state index is 0.00683. The Bertz CT molecular complexity index is 2980. The molecule has 80 heavy (non-hydrogen) atoms. The monoisotopic (exact) mass is 1130 g/mol. The van der Waals surface area contributed by atoms with Gasteiger partial charge in [-0.2, -0.15) is 0 Å². The summed E-state index contributed by atoms with van der Waals surface area (Å²) in [6, 6.07) is 4.45. The number of likely N-dealkylation sites (tertiary alicyclic amines) is 1. The van der Waals surface area contributed by atoms with Gasteiger partial charge >= 0.3 is 17.9 Å². The second-order valence-corrected chi connectivity index (χ2v) is 23.1. The number of aliphatic hydroxyl groups is 2. The molecule has 0 spiro atoms. The van der Waals surface area contributed by atoms with Gasteiger partial charge in [-0.1, -0.05) is 27.4 Å². The molecule has 5 amide bonds. The van der Waals surface area contributed by atoms with E-state index in [4.69, 9.17) is 20.2 Å². The summed E-state index contributed by atoms with van der Waals surface area (Å²) in [5.74, 6) is -5.29. The predicted octanol–water partition coefficient (Wildman–Crippen LogP) is 3.01. The molecule has 5 atom stereocenters. The van der Waals surface area contributed by atoms with Crippen LogP contribution < -0.4 is 37.3 Å². The molecular weight excluding hydrogens is 1050 g/mol. The number of carboxylic acid groups (broad SMARTS) is 1. The van der Waals surface area contributed by atoms with Crippen LogP contribution in [-0.2, 0) is 68.3 Å². The number of aryl methyl sites for hydroxylation is 1. The highest BCUT2D eigenvalue weighted by molar-refractivity contribution is 8.00. The van der Waals surface area contributed by atoms with Crippen LogP contribution >= 0.6 is 11.8 Å². The van der Waals surface area contributed by atoms with Crippen molar-refractivity contribution >= 4 is 70.1 Å². The number of cyclic esters (lactones) is 1. The smallest absolute Gasteiger partial charge is 0.343 e. The van der Waals surface area contributed by atoms with Gasteiger partial charge in [0.15, 0.2) is 5.60 Å². The van der Waals surface area contributed by atoms with Crippen molar-refractivity contribution in [2.45, 2.75) is 147 Å². The summed E-state index contributed by atoms with van der Waals surface area (Å²) in [5.41, 5.74) is 7.37. The Morgan fingerprint density at radius 3 is 2.29 bits per heavy atom. The molecule has 432 valence electrons. The number of ether oxygens (including phenoxy) is 2. The van der Waals surface area contributed by atoms with Crippen molar-refractivity contribution in [3.8, 4) is 17.1 Å². The molecular formula is C57H74N8O14S. The lowest BCUT2D eigenvalue weighted by Gasteiger charge is -2.31. The van der Waals surface area contributed by atoms with Crippen molar-refractivity contribution in [1.82, 2.24) is 35.7 Å². The number of pyridine rings is 2. The molecule has 23 heteroatoms. The molecule has 2 aromatic heterocycles. The van der Waals surface area contributed by atoms with Crippen molar-refractivity contribution in [3.63, 3.8) is 0 Å². The van der Waals surface area contributed by atoms with E-state index in [0.29, 0.717) is 93.5 Å². The van der Waals surface area contributed by atoms with Gasteiger partial charge in [0.2, 0.25) is 29.5 Å². The molecule has 3 fully saturated rings. The second-order valence-electron chi connectivity index (χ2n) is 21.9. The number of aliphatic hydroxyl groups excluding tert-OH is 1. The van der Waals surface area contributed by atoms with Crippen LogP contribution in [0.25, 0.3) is 22.3 Å². The summed E-state index contributed by atoms with van der Waals surface area (Å²) >= 11 is 0.971. The van der Waals surface area contributed by atoms with E-state index in [1.807, 2.05) is 13.0 Å². The van der Waals surface area contributed by atoms with E-state index in [9.17, 15) is 58.5 Å². The average Bonchev–Trinajstić information content (AvgIpc) is 4.17. The molecule has 0 radical (unpaired) electrons. The van der Waals surface area contributed by atoms with Crippen molar-refractivity contribution in [2.75, 3.05) is 32.0 Å². The maximum atomic E-state index is 13.8. The zero-order valence-electron chi connectivity index (χ0n) is 45.6. The molecule has 8 rings (SSSR count). The Hall–Kier alpha value is -6.85. The number of imide groups is 1. The summed E-state index contributed by atoms with van der Waals surface area (Å²) in [7, 11) is 0. The highest BCUT2D eigenvalue weighted by Crippen LogP contribution is 2.41. The van der Waals surface area contributed by atoms with E-state index in [1.165, 1.54) is 4.90 Å². The Kier molecular flexibility index (Phi) is 19.1. The molecule has 4 unspecified atom stereocenters. The van der Waals surface area contributed by atoms with Gasteiger partial charge < -0.3 is 56.4 Å². The number of hydrogen-bond donors (Lipinski definition) is 8. The van der Waals surface area contributed by atoms with E-state index >= 15 is 0 Å². The van der Waals surface area contributed by atoms with Crippen LogP contribution in [0.1, 0.15) is 126 Å². The molecule has 5 heterocycles. The van der Waals surface area contributed by atoms with Gasteiger partial charge in [-0.25, -0.2) is 14.6 Å². The number of benzene rings is 1. The summed E-state index contributed by atoms with van der Waals surface area (Å²) < 4.78 is 12.8. The molecule has 3 aliphatic heterocycles. The number of rotatable bonds is 24. The third-order valence-corrected chi connectivity index (χ3v) is 18.1. The highest BCUT2D eigenvalue weighted by Gasteiger charge is 2.46. The molecule has 3 aromatic rings. The summed E-state index contributed by atoms with van der Waals surface area (Å²) in [4.78, 5) is 125. The molecule has 1 aromatic carbocycles. The largest absolute Gasteiger partial charge is 0.480 e. The van der Waals surface area contributed by atoms with Gasteiger partial charge in [0.1, 0.15) is 24.4 Å². The third kappa shape index (κ3) is 12.8. The van der Waals surface area contributed by atoms with Crippen molar-refractivity contribution in [3.05, 3.63) is 69.3 Å². The van der Waals surface area contributed by atoms with Crippen LogP contribution in [0.4, 0.5) is 0 Å². The number of amides is 5. The van der Waals surface area contributed by atoms with Crippen molar-refractivity contribution in [2.24, 2.45) is 35.3 Å². The number of aliphatic carboxylic acids is 1. The number of nitrogens with two attached hydrogens (primary N) is 1. The zero-order chi connectivity index (χ0) is 57.6. The van der Waals surface area contributed by atoms with E-state index in [-0.39, 0.29) is 109 Å². The predicted molar refractivity (Wildman–Crippen MR) is 294 cm³/mol. The Labute approximate surface area is 467 Å². The van der Waals surface area contributed by atoms with Crippen LogP contribution in [0.5, 0.6) is 5.75 Å². The number of nitrogens with one attached hydrogen (secondary N) is 4. The SMILES string of the molecule is C=C(N)NCCCC(NC(=O)C(CC)CO)C(=O)NC(CSC1CC(=O)N(CC2CCC(C(=O)NCC3CCC(C(=O)Oc4ccc5nc6c(c(CC)c5c4)Cn4c-6cc5c(c4=O)COC(=O)[C@]5(O)CC)CC3)CC2)C1=O)C(=O)O. The molecule has 2 saturated carbocycles. The van der Waals surface area contributed by atoms with Crippen LogP contribution in [0, 0.1) is 29.6 Å². The molecule has 2 aliphatic carbocycles. The second kappa shape index (κ2) is 25.7. The lowest BCUT2D eigenvalue weighted by Crippen LogP contribution is -2.53. The minimum Gasteiger partial charge on any atom is -0.480 e. The number of aromatic nitrogens is 2. The van der Waals surface area contributed by atoms with Crippen LogP contribution in [0.15, 0.2) is 41.5 Å². The van der Waals surface area contributed by atoms with Crippen LogP contribution in [0.2, 0.25) is 0 Å². The van der Waals surface area contributed by atoms with E-state index in [0.717, 1.165) is 41.1 Å². The quantitative estimate of drug-likeness (QED) is 0.0216. The number of nitrogens with zero attached hydrogens (tertiary/aromatic N) is 3. The first-order valence-electron chi connectivity index (χ1n) is 28.0. The lowest BCUT2D eigenvalue weighted by molar-refractivity contribution is -0.172. The summed E-state index contributed by atoms with van der Waals surface area (Å²) in [6.45, 7) is 9.58. The fourth-order valence-electron chi connectivity index (χ4n) is 11.8. The van der Waals surface area contributed by atoms with Gasteiger partial charge in [-0.15, -0.1) is 11.8 Å². The molecule has 5 aliphatic rings. The van der Waals surface area contributed by atoms with E-state index in [1.54, 1.807) is 36.6 Å². The number of carbonyl (C=O) groups is 8. The van der Waals surface area contributed by atoms with Gasteiger partial charge in [-0.3, -0.25) is 38.5 Å². The first-order valence-corrected chi connectivity index (χ1v) is 29.0. The number of hydrogen-bond acceptors (Lipinski definition) is 17. The maximum Gasteiger partial charge on any atom is 0.343 e. The number of fused-ring (bicyclic) bond motifs is 5. The fraction of sp³-hybridized carbons (Fsp3) is 0.579.